The second kappa shape index (κ2) is 8.04. The number of hydrogen-bond donors (Lipinski definition) is 1. The first-order valence-electron chi connectivity index (χ1n) is 6.62. The minimum atomic E-state index is -0.455. The van der Waals surface area contributed by atoms with Gasteiger partial charge in [0.15, 0.2) is 6.10 Å². The molecule has 1 aromatic rings. The summed E-state index contributed by atoms with van der Waals surface area (Å²) in [6.45, 7) is 7.86. The van der Waals surface area contributed by atoms with Gasteiger partial charge in [-0.2, -0.15) is 5.26 Å². The maximum absolute atomic E-state index is 8.98. The molecule has 0 bridgehead atoms. The Hall–Kier alpha value is -1.24. The molecule has 0 saturated heterocycles. The van der Waals surface area contributed by atoms with Crippen LogP contribution in [-0.2, 0) is 6.54 Å². The van der Waals surface area contributed by atoms with Gasteiger partial charge in [-0.25, -0.2) is 0 Å². The molecule has 4 heteroatoms. The lowest BCUT2D eigenvalue weighted by Gasteiger charge is -2.16. The highest BCUT2D eigenvalue weighted by Crippen LogP contribution is 2.30. The van der Waals surface area contributed by atoms with Crippen molar-refractivity contribution in [3.05, 3.63) is 28.8 Å². The molecule has 1 rings (SSSR count). The summed E-state index contributed by atoms with van der Waals surface area (Å²) in [5.74, 6) is 1.21. The molecule has 104 valence electrons. The molecule has 0 saturated carbocycles. The van der Waals surface area contributed by atoms with E-state index in [1.807, 2.05) is 19.1 Å². The topological polar surface area (TPSA) is 45.0 Å². The molecule has 0 aliphatic heterocycles. The SMILES string of the molecule is CCC(C#N)Oc1c(Cl)cccc1CNCC(C)C. The van der Waals surface area contributed by atoms with Crippen LogP contribution in [-0.4, -0.2) is 12.6 Å². The summed E-state index contributed by atoms with van der Waals surface area (Å²) in [4.78, 5) is 0. The van der Waals surface area contributed by atoms with E-state index in [-0.39, 0.29) is 0 Å². The normalized spacial score (nSPS) is 12.2. The molecule has 1 unspecified atom stereocenters. The largest absolute Gasteiger partial charge is 0.474 e. The van der Waals surface area contributed by atoms with Crippen LogP contribution in [0.1, 0.15) is 32.8 Å². The van der Waals surface area contributed by atoms with E-state index in [2.05, 4.69) is 25.2 Å². The lowest BCUT2D eigenvalue weighted by molar-refractivity contribution is 0.249. The van der Waals surface area contributed by atoms with Crippen molar-refractivity contribution in [3.8, 4) is 11.8 Å². The number of hydrogen-bond acceptors (Lipinski definition) is 3. The van der Waals surface area contributed by atoms with Crippen LogP contribution in [0.3, 0.4) is 0 Å². The zero-order chi connectivity index (χ0) is 14.3. The number of nitrogens with one attached hydrogen (secondary N) is 1. The van der Waals surface area contributed by atoms with Crippen LogP contribution in [0, 0.1) is 17.2 Å². The van der Waals surface area contributed by atoms with Crippen molar-refractivity contribution < 1.29 is 4.74 Å². The highest BCUT2D eigenvalue weighted by Gasteiger charge is 2.13. The third kappa shape index (κ3) is 5.10. The van der Waals surface area contributed by atoms with E-state index < -0.39 is 6.10 Å². The monoisotopic (exact) mass is 280 g/mol. The number of nitriles is 1. The van der Waals surface area contributed by atoms with Crippen LogP contribution in [0.15, 0.2) is 18.2 Å². The molecule has 1 N–H and O–H groups in total. The van der Waals surface area contributed by atoms with Gasteiger partial charge in [-0.15, -0.1) is 0 Å². The van der Waals surface area contributed by atoms with Gasteiger partial charge in [-0.05, 0) is 24.9 Å². The number of para-hydroxylation sites is 1. The van der Waals surface area contributed by atoms with E-state index in [1.165, 1.54) is 0 Å². The molecule has 0 aliphatic carbocycles. The minimum Gasteiger partial charge on any atom is -0.474 e. The summed E-state index contributed by atoms with van der Waals surface area (Å²) >= 11 is 6.17. The van der Waals surface area contributed by atoms with Gasteiger partial charge in [0.1, 0.15) is 11.8 Å². The average molecular weight is 281 g/mol. The van der Waals surface area contributed by atoms with Gasteiger partial charge in [-0.3, -0.25) is 0 Å². The van der Waals surface area contributed by atoms with Crippen LogP contribution in [0.25, 0.3) is 0 Å². The third-order valence-electron chi connectivity index (χ3n) is 2.69. The minimum absolute atomic E-state index is 0.455. The maximum atomic E-state index is 8.98. The summed E-state index contributed by atoms with van der Waals surface area (Å²) in [5, 5.41) is 12.9. The maximum Gasteiger partial charge on any atom is 0.184 e. The molecule has 19 heavy (non-hydrogen) atoms. The number of halogens is 1. The lowest BCUT2D eigenvalue weighted by atomic mass is 10.1. The smallest absolute Gasteiger partial charge is 0.184 e. The first-order valence-corrected chi connectivity index (χ1v) is 7.00. The first-order chi connectivity index (χ1) is 9.08. The molecule has 0 amide bonds. The molecule has 0 radical (unpaired) electrons. The Morgan fingerprint density at radius 2 is 2.16 bits per heavy atom. The van der Waals surface area contributed by atoms with Gasteiger partial charge >= 0.3 is 0 Å². The molecule has 1 aromatic carbocycles. The van der Waals surface area contributed by atoms with Crippen molar-refractivity contribution in [3.63, 3.8) is 0 Å². The summed E-state index contributed by atoms with van der Waals surface area (Å²) in [6.07, 6.45) is 0.185. The summed E-state index contributed by atoms with van der Waals surface area (Å²) < 4.78 is 5.70. The van der Waals surface area contributed by atoms with E-state index in [0.29, 0.717) is 29.7 Å². The van der Waals surface area contributed by atoms with E-state index in [1.54, 1.807) is 6.07 Å². The number of nitrogens with zero attached hydrogens (tertiary/aromatic N) is 1. The van der Waals surface area contributed by atoms with E-state index in [4.69, 9.17) is 21.6 Å². The molecule has 0 spiro atoms. The number of ether oxygens (including phenoxy) is 1. The summed E-state index contributed by atoms with van der Waals surface area (Å²) in [6, 6.07) is 7.78. The Bertz CT molecular complexity index is 440. The highest BCUT2D eigenvalue weighted by molar-refractivity contribution is 6.32. The molecule has 0 aliphatic rings. The standard InChI is InChI=1S/C15H21ClN2O/c1-4-13(8-17)19-15-12(6-5-7-14(15)16)10-18-9-11(2)3/h5-7,11,13,18H,4,9-10H2,1-3H3. The Morgan fingerprint density at radius 1 is 1.42 bits per heavy atom. The molecule has 0 fully saturated rings. The number of benzene rings is 1. The quantitative estimate of drug-likeness (QED) is 0.827. The van der Waals surface area contributed by atoms with Crippen molar-refractivity contribution in [2.24, 2.45) is 5.92 Å². The fourth-order valence-corrected chi connectivity index (χ4v) is 1.90. The van der Waals surface area contributed by atoms with Crippen molar-refractivity contribution >= 4 is 11.6 Å². The molecule has 0 aromatic heterocycles. The van der Waals surface area contributed by atoms with Crippen LogP contribution >= 0.6 is 11.6 Å². The predicted molar refractivity (Wildman–Crippen MR) is 78.3 cm³/mol. The average Bonchev–Trinajstić information content (AvgIpc) is 2.38. The fraction of sp³-hybridized carbons (Fsp3) is 0.533. The van der Waals surface area contributed by atoms with Crippen LogP contribution in [0.5, 0.6) is 5.75 Å². The Kier molecular flexibility index (Phi) is 6.69. The highest BCUT2D eigenvalue weighted by atomic mass is 35.5. The lowest BCUT2D eigenvalue weighted by Crippen LogP contribution is -2.20. The molecule has 1 atom stereocenters. The van der Waals surface area contributed by atoms with Crippen molar-refractivity contribution in [1.82, 2.24) is 5.32 Å². The zero-order valence-corrected chi connectivity index (χ0v) is 12.5. The van der Waals surface area contributed by atoms with Crippen LogP contribution in [0.4, 0.5) is 0 Å². The van der Waals surface area contributed by atoms with Gasteiger partial charge in [0, 0.05) is 12.1 Å². The van der Waals surface area contributed by atoms with Crippen molar-refractivity contribution in [2.45, 2.75) is 39.8 Å². The molecule has 0 heterocycles. The van der Waals surface area contributed by atoms with Gasteiger partial charge in [-0.1, -0.05) is 44.5 Å². The Labute approximate surface area is 120 Å². The fourth-order valence-electron chi connectivity index (χ4n) is 1.66. The van der Waals surface area contributed by atoms with E-state index in [9.17, 15) is 0 Å². The third-order valence-corrected chi connectivity index (χ3v) is 2.99. The zero-order valence-electron chi connectivity index (χ0n) is 11.7. The summed E-state index contributed by atoms with van der Waals surface area (Å²) in [7, 11) is 0. The van der Waals surface area contributed by atoms with Gasteiger partial charge in [0.2, 0.25) is 0 Å². The predicted octanol–water partition coefficient (Wildman–Crippen LogP) is 3.77. The number of rotatable bonds is 7. The van der Waals surface area contributed by atoms with Crippen molar-refractivity contribution in [2.75, 3.05) is 6.54 Å². The van der Waals surface area contributed by atoms with E-state index >= 15 is 0 Å². The van der Waals surface area contributed by atoms with Gasteiger partial charge in [0.25, 0.3) is 0 Å². The Balaban J connectivity index is 2.80. The van der Waals surface area contributed by atoms with Gasteiger partial charge in [0.05, 0.1) is 5.02 Å². The van der Waals surface area contributed by atoms with E-state index in [0.717, 1.165) is 12.1 Å². The van der Waals surface area contributed by atoms with Crippen LogP contribution in [0.2, 0.25) is 5.02 Å². The second-order valence-electron chi connectivity index (χ2n) is 4.90. The second-order valence-corrected chi connectivity index (χ2v) is 5.30. The molecular formula is C15H21ClN2O. The Morgan fingerprint density at radius 3 is 2.74 bits per heavy atom. The first kappa shape index (κ1) is 15.8. The van der Waals surface area contributed by atoms with Gasteiger partial charge < -0.3 is 10.1 Å². The molecular weight excluding hydrogens is 260 g/mol. The van der Waals surface area contributed by atoms with Crippen LogP contribution < -0.4 is 10.1 Å². The molecule has 3 nitrogen and oxygen atoms in total. The van der Waals surface area contributed by atoms with Crippen molar-refractivity contribution in [1.29, 1.82) is 5.26 Å². The summed E-state index contributed by atoms with van der Waals surface area (Å²) in [5.41, 5.74) is 0.988.